The zero-order valence-corrected chi connectivity index (χ0v) is 15.8. The van der Waals surface area contributed by atoms with Crippen LogP contribution in [0.25, 0.3) is 0 Å². The molecule has 2 saturated carbocycles. The lowest BCUT2D eigenvalue weighted by atomic mass is 9.67. The van der Waals surface area contributed by atoms with E-state index in [4.69, 9.17) is 4.74 Å². The maximum absolute atomic E-state index is 12.7. The van der Waals surface area contributed by atoms with Crippen LogP contribution in [0.4, 0.5) is 4.79 Å². The Morgan fingerprint density at radius 1 is 1.31 bits per heavy atom. The molecule has 1 spiro atoms. The molecule has 0 radical (unpaired) electrons. The number of amides is 2. The third-order valence-corrected chi connectivity index (χ3v) is 6.53. The second-order valence-corrected chi connectivity index (χ2v) is 8.68. The highest BCUT2D eigenvalue weighted by Gasteiger charge is 2.53. The fourth-order valence-electron chi connectivity index (χ4n) is 4.59. The summed E-state index contributed by atoms with van der Waals surface area (Å²) in [4.78, 5) is 25.9. The number of nitrogens with zero attached hydrogens (tertiary/aromatic N) is 1. The summed E-state index contributed by atoms with van der Waals surface area (Å²) in [7, 11) is 1.93. The minimum atomic E-state index is -0.352. The average Bonchev–Trinajstić information content (AvgIpc) is 2.94. The van der Waals surface area contributed by atoms with Crippen LogP contribution in [0, 0.1) is 5.92 Å². The summed E-state index contributed by atoms with van der Waals surface area (Å²) < 4.78 is 4.99. The molecule has 3 aliphatic rings. The summed E-state index contributed by atoms with van der Waals surface area (Å²) >= 11 is 0. The summed E-state index contributed by atoms with van der Waals surface area (Å²) in [5.41, 5.74) is 2.51. The SMILES string of the molecule is CC(C)c1cccc([C@H]2C[C@@H](N(C)C(=O)[C@H]3C[C@]4(COC(=O)N4)C3)C2)c1. The highest BCUT2D eigenvalue weighted by molar-refractivity contribution is 5.81. The topological polar surface area (TPSA) is 58.6 Å². The van der Waals surface area contributed by atoms with Gasteiger partial charge >= 0.3 is 6.09 Å². The van der Waals surface area contributed by atoms with E-state index in [2.05, 4.69) is 43.4 Å². The van der Waals surface area contributed by atoms with Crippen molar-refractivity contribution in [2.45, 2.75) is 62.9 Å². The van der Waals surface area contributed by atoms with Crippen LogP contribution < -0.4 is 5.32 Å². The highest BCUT2D eigenvalue weighted by atomic mass is 16.6. The van der Waals surface area contributed by atoms with E-state index in [9.17, 15) is 9.59 Å². The van der Waals surface area contributed by atoms with Gasteiger partial charge in [-0.2, -0.15) is 0 Å². The Labute approximate surface area is 155 Å². The van der Waals surface area contributed by atoms with Gasteiger partial charge in [-0.15, -0.1) is 0 Å². The smallest absolute Gasteiger partial charge is 0.407 e. The van der Waals surface area contributed by atoms with Gasteiger partial charge < -0.3 is 15.0 Å². The molecule has 1 saturated heterocycles. The number of hydrogen-bond donors (Lipinski definition) is 1. The van der Waals surface area contributed by atoms with E-state index in [1.807, 2.05) is 11.9 Å². The molecule has 4 rings (SSSR count). The van der Waals surface area contributed by atoms with Gasteiger partial charge in [-0.1, -0.05) is 38.1 Å². The first kappa shape index (κ1) is 17.4. The Morgan fingerprint density at radius 2 is 2.04 bits per heavy atom. The number of hydrogen-bond acceptors (Lipinski definition) is 3. The second kappa shape index (κ2) is 6.29. The van der Waals surface area contributed by atoms with Crippen molar-refractivity contribution in [2.75, 3.05) is 13.7 Å². The molecule has 1 aliphatic heterocycles. The molecule has 0 unspecified atom stereocenters. The van der Waals surface area contributed by atoms with Crippen LogP contribution in [0.15, 0.2) is 24.3 Å². The monoisotopic (exact) mass is 356 g/mol. The Morgan fingerprint density at radius 3 is 2.65 bits per heavy atom. The molecule has 0 atom stereocenters. The van der Waals surface area contributed by atoms with E-state index < -0.39 is 0 Å². The summed E-state index contributed by atoms with van der Waals surface area (Å²) in [5.74, 6) is 1.34. The summed E-state index contributed by atoms with van der Waals surface area (Å²) in [6, 6.07) is 9.22. The lowest BCUT2D eigenvalue weighted by Crippen LogP contribution is -2.59. The zero-order valence-electron chi connectivity index (χ0n) is 15.8. The predicted molar refractivity (Wildman–Crippen MR) is 99.0 cm³/mol. The molecule has 5 nitrogen and oxygen atoms in total. The first-order valence-corrected chi connectivity index (χ1v) is 9.68. The van der Waals surface area contributed by atoms with Crippen LogP contribution in [0.1, 0.15) is 62.5 Å². The van der Waals surface area contributed by atoms with Crippen molar-refractivity contribution in [3.05, 3.63) is 35.4 Å². The van der Waals surface area contributed by atoms with Crippen LogP contribution in [-0.2, 0) is 9.53 Å². The maximum Gasteiger partial charge on any atom is 0.407 e. The summed E-state index contributed by atoms with van der Waals surface area (Å²) in [6.07, 6.45) is 3.14. The molecule has 2 amide bonds. The lowest BCUT2D eigenvalue weighted by Gasteiger charge is -2.47. The van der Waals surface area contributed by atoms with Crippen molar-refractivity contribution >= 4 is 12.0 Å². The van der Waals surface area contributed by atoms with E-state index >= 15 is 0 Å². The fourth-order valence-corrected chi connectivity index (χ4v) is 4.59. The number of benzene rings is 1. The molecule has 1 aromatic rings. The van der Waals surface area contributed by atoms with Gasteiger partial charge in [-0.25, -0.2) is 4.79 Å². The molecule has 140 valence electrons. The van der Waals surface area contributed by atoms with E-state index in [1.54, 1.807) is 0 Å². The number of nitrogens with one attached hydrogen (secondary N) is 1. The van der Waals surface area contributed by atoms with Gasteiger partial charge in [-0.05, 0) is 48.6 Å². The first-order chi connectivity index (χ1) is 12.4. The van der Waals surface area contributed by atoms with Crippen molar-refractivity contribution < 1.29 is 14.3 Å². The number of rotatable bonds is 4. The van der Waals surface area contributed by atoms with Crippen LogP contribution in [0.3, 0.4) is 0 Å². The molecule has 1 aromatic carbocycles. The Balaban J connectivity index is 1.30. The van der Waals surface area contributed by atoms with Crippen molar-refractivity contribution in [2.24, 2.45) is 5.92 Å². The molecule has 1 N–H and O–H groups in total. The molecule has 2 aliphatic carbocycles. The first-order valence-electron chi connectivity index (χ1n) is 9.68. The Bertz CT molecular complexity index is 718. The van der Waals surface area contributed by atoms with Crippen molar-refractivity contribution in [3.8, 4) is 0 Å². The molecule has 5 heteroatoms. The molecular formula is C21H28N2O3. The largest absolute Gasteiger partial charge is 0.447 e. The lowest BCUT2D eigenvalue weighted by molar-refractivity contribution is -0.143. The number of alkyl carbamates (subject to hydrolysis) is 1. The van der Waals surface area contributed by atoms with Crippen molar-refractivity contribution in [1.29, 1.82) is 0 Å². The number of carbonyl (C=O) groups is 2. The van der Waals surface area contributed by atoms with Crippen LogP contribution in [0.2, 0.25) is 0 Å². The third-order valence-electron chi connectivity index (χ3n) is 6.53. The molecule has 3 fully saturated rings. The van der Waals surface area contributed by atoms with Crippen molar-refractivity contribution in [1.82, 2.24) is 10.2 Å². The van der Waals surface area contributed by atoms with E-state index in [0.717, 1.165) is 12.8 Å². The summed E-state index contributed by atoms with van der Waals surface area (Å²) in [5, 5.41) is 2.86. The Kier molecular flexibility index (Phi) is 4.20. The van der Waals surface area contributed by atoms with Gasteiger partial charge in [0.2, 0.25) is 5.91 Å². The number of ether oxygens (including phenoxy) is 1. The minimum absolute atomic E-state index is 0.0188. The van der Waals surface area contributed by atoms with Gasteiger partial charge in [-0.3, -0.25) is 4.79 Å². The second-order valence-electron chi connectivity index (χ2n) is 8.68. The van der Waals surface area contributed by atoms with Gasteiger partial charge in [0, 0.05) is 19.0 Å². The molecule has 1 heterocycles. The van der Waals surface area contributed by atoms with Crippen molar-refractivity contribution in [3.63, 3.8) is 0 Å². The molecule has 0 aromatic heterocycles. The van der Waals surface area contributed by atoms with Gasteiger partial charge in [0.1, 0.15) is 6.61 Å². The number of cyclic esters (lactones) is 1. The molecule has 0 bridgehead atoms. The molecular weight excluding hydrogens is 328 g/mol. The predicted octanol–water partition coefficient (Wildman–Crippen LogP) is 3.40. The van der Waals surface area contributed by atoms with E-state index in [1.165, 1.54) is 11.1 Å². The Hall–Kier alpha value is -2.04. The normalized spacial score (nSPS) is 32.6. The molecule has 26 heavy (non-hydrogen) atoms. The minimum Gasteiger partial charge on any atom is -0.447 e. The summed E-state index contributed by atoms with van der Waals surface area (Å²) in [6.45, 7) is 4.84. The quantitative estimate of drug-likeness (QED) is 0.899. The maximum atomic E-state index is 12.7. The van der Waals surface area contributed by atoms with Crippen LogP contribution in [-0.4, -0.2) is 42.1 Å². The van der Waals surface area contributed by atoms with Crippen LogP contribution in [0.5, 0.6) is 0 Å². The standard InChI is InChI=1S/C21H28N2O3/c1-13(2)14-5-4-6-15(7-14)16-8-18(9-16)23(3)19(24)17-10-21(11-17)12-26-20(25)22-21/h4-7,13,16-18H,8-12H2,1-3H3,(H,22,25)/t16-,17-,18+,21+. The average molecular weight is 356 g/mol. The van der Waals surface area contributed by atoms with Gasteiger partial charge in [0.15, 0.2) is 0 Å². The zero-order chi connectivity index (χ0) is 18.5. The van der Waals surface area contributed by atoms with Gasteiger partial charge in [0.05, 0.1) is 5.54 Å². The van der Waals surface area contributed by atoms with Gasteiger partial charge in [0.25, 0.3) is 0 Å². The van der Waals surface area contributed by atoms with E-state index in [0.29, 0.717) is 37.3 Å². The third kappa shape index (κ3) is 2.97. The number of carbonyl (C=O) groups excluding carboxylic acids is 2. The van der Waals surface area contributed by atoms with Crippen LogP contribution >= 0.6 is 0 Å². The van der Waals surface area contributed by atoms with E-state index in [-0.39, 0.29) is 23.5 Å². The fraction of sp³-hybridized carbons (Fsp3) is 0.619. The highest BCUT2D eigenvalue weighted by Crippen LogP contribution is 2.44.